The van der Waals surface area contributed by atoms with Crippen molar-refractivity contribution >= 4 is 18.3 Å². The molecule has 1 aliphatic heterocycles. The molecule has 4 nitrogen and oxygen atoms in total. The van der Waals surface area contributed by atoms with E-state index >= 15 is 0 Å². The number of carbonyl (C=O) groups excluding carboxylic acids is 1. The summed E-state index contributed by atoms with van der Waals surface area (Å²) in [6.07, 6.45) is 0.0914. The van der Waals surface area contributed by atoms with Crippen molar-refractivity contribution in [1.82, 2.24) is 4.90 Å². The molecule has 0 radical (unpaired) electrons. The van der Waals surface area contributed by atoms with Crippen LogP contribution >= 0.6 is 12.4 Å². The van der Waals surface area contributed by atoms with E-state index < -0.39 is 0 Å². The van der Waals surface area contributed by atoms with Crippen LogP contribution in [0.15, 0.2) is 0 Å². The Morgan fingerprint density at radius 3 is 2.45 bits per heavy atom. The van der Waals surface area contributed by atoms with Gasteiger partial charge in [-0.2, -0.15) is 0 Å². The Hall–Kier alpha value is -0.320. The van der Waals surface area contributed by atoms with Crippen LogP contribution < -0.4 is 5.73 Å². The minimum Gasteiger partial charge on any atom is -0.392 e. The third kappa shape index (κ3) is 2.32. The molecule has 3 N–H and O–H groups in total. The average molecular weight is 181 g/mol. The number of aliphatic hydroxyl groups is 1. The van der Waals surface area contributed by atoms with Gasteiger partial charge in [0.1, 0.15) is 0 Å². The highest BCUT2D eigenvalue weighted by atomic mass is 35.5. The number of hydrogen-bond acceptors (Lipinski definition) is 3. The Bertz CT molecular complexity index is 154. The molecule has 0 spiro atoms. The maximum atomic E-state index is 10.6. The largest absolute Gasteiger partial charge is 0.392 e. The molecule has 1 heterocycles. The minimum atomic E-state index is -0.387. The van der Waals surface area contributed by atoms with Crippen LogP contribution in [0.25, 0.3) is 0 Å². The average Bonchev–Trinajstić information content (AvgIpc) is 2.10. The van der Waals surface area contributed by atoms with E-state index in [4.69, 9.17) is 10.8 Å². The summed E-state index contributed by atoms with van der Waals surface area (Å²) in [4.78, 5) is 12.4. The molecule has 0 aromatic carbocycles. The van der Waals surface area contributed by atoms with E-state index in [1.807, 2.05) is 0 Å². The van der Waals surface area contributed by atoms with Crippen molar-refractivity contribution in [2.75, 3.05) is 13.6 Å². The smallest absolute Gasteiger partial charge is 0.234 e. The normalized spacial score (nSPS) is 31.5. The molecular formula is C6H13ClN2O2. The van der Waals surface area contributed by atoms with Gasteiger partial charge >= 0.3 is 0 Å². The fourth-order valence-electron chi connectivity index (χ4n) is 1.31. The van der Waals surface area contributed by atoms with E-state index in [-0.39, 0.29) is 30.5 Å². The van der Waals surface area contributed by atoms with Crippen LogP contribution in [0, 0.1) is 0 Å². The molecule has 0 saturated carbocycles. The van der Waals surface area contributed by atoms with Crippen LogP contribution in [-0.2, 0) is 4.79 Å². The number of rotatable bonds is 1. The fourth-order valence-corrected chi connectivity index (χ4v) is 1.31. The van der Waals surface area contributed by atoms with Gasteiger partial charge in [0, 0.05) is 6.54 Å². The zero-order valence-corrected chi connectivity index (χ0v) is 7.17. The number of primary amides is 1. The number of amides is 1. The Labute approximate surface area is 71.8 Å². The number of carbonyl (C=O) groups is 1. The summed E-state index contributed by atoms with van der Waals surface area (Å²) in [5, 5.41) is 9.07. The molecule has 1 saturated heterocycles. The number of β-amino-alcohol motifs (C(OH)–C–C–N with tert-alkyl or cyclic N) is 1. The topological polar surface area (TPSA) is 66.6 Å². The lowest BCUT2D eigenvalue weighted by Crippen LogP contribution is -2.37. The predicted molar refractivity (Wildman–Crippen MR) is 43.5 cm³/mol. The number of aliphatic hydroxyl groups excluding tert-OH is 1. The lowest BCUT2D eigenvalue weighted by molar-refractivity contribution is -0.121. The van der Waals surface area contributed by atoms with Crippen LogP contribution in [0.5, 0.6) is 0 Å². The van der Waals surface area contributed by atoms with Crippen molar-refractivity contribution in [3.63, 3.8) is 0 Å². The molecule has 11 heavy (non-hydrogen) atoms. The van der Waals surface area contributed by atoms with Crippen molar-refractivity contribution in [2.45, 2.75) is 18.6 Å². The lowest BCUT2D eigenvalue weighted by Gasteiger charge is -2.13. The first-order valence-electron chi connectivity index (χ1n) is 3.29. The zero-order chi connectivity index (χ0) is 7.72. The SMILES string of the molecule is CN1CC(O)CC1C(N)=O.Cl. The molecule has 2 atom stereocenters. The van der Waals surface area contributed by atoms with Gasteiger partial charge in [0.05, 0.1) is 12.1 Å². The quantitative estimate of drug-likeness (QED) is 0.542. The summed E-state index contributed by atoms with van der Waals surface area (Å²) < 4.78 is 0. The number of hydrogen-bond donors (Lipinski definition) is 2. The summed E-state index contributed by atoms with van der Waals surface area (Å²) in [6, 6.07) is -0.269. The summed E-state index contributed by atoms with van der Waals surface area (Å²) in [5.74, 6) is -0.348. The monoisotopic (exact) mass is 180 g/mol. The van der Waals surface area contributed by atoms with E-state index in [2.05, 4.69) is 0 Å². The van der Waals surface area contributed by atoms with Crippen molar-refractivity contribution in [3.8, 4) is 0 Å². The van der Waals surface area contributed by atoms with Crippen LogP contribution in [0.1, 0.15) is 6.42 Å². The van der Waals surface area contributed by atoms with Crippen LogP contribution in [0.4, 0.5) is 0 Å². The molecular weight excluding hydrogens is 168 g/mol. The first kappa shape index (κ1) is 10.7. The molecule has 0 bridgehead atoms. The van der Waals surface area contributed by atoms with Gasteiger partial charge in [0.2, 0.25) is 5.91 Å². The predicted octanol–water partition coefficient (Wildman–Crippen LogP) is -1.04. The maximum Gasteiger partial charge on any atom is 0.234 e. The van der Waals surface area contributed by atoms with E-state index in [0.717, 1.165) is 0 Å². The summed E-state index contributed by atoms with van der Waals surface area (Å²) in [5.41, 5.74) is 5.06. The molecule has 1 fully saturated rings. The number of nitrogens with zero attached hydrogens (tertiary/aromatic N) is 1. The molecule has 1 amide bonds. The highest BCUT2D eigenvalue weighted by Gasteiger charge is 2.31. The number of halogens is 1. The van der Waals surface area contributed by atoms with Crippen LogP contribution in [-0.4, -0.2) is 41.7 Å². The Morgan fingerprint density at radius 1 is 1.73 bits per heavy atom. The lowest BCUT2D eigenvalue weighted by atomic mass is 10.2. The van der Waals surface area contributed by atoms with Gasteiger partial charge in [-0.25, -0.2) is 0 Å². The molecule has 5 heteroatoms. The third-order valence-electron chi connectivity index (χ3n) is 1.85. The number of nitrogens with two attached hydrogens (primary N) is 1. The van der Waals surface area contributed by atoms with Gasteiger partial charge in [-0.15, -0.1) is 12.4 Å². The molecule has 1 rings (SSSR count). The molecule has 1 aliphatic rings. The van der Waals surface area contributed by atoms with Gasteiger partial charge in [0.25, 0.3) is 0 Å². The first-order chi connectivity index (χ1) is 4.61. The van der Waals surface area contributed by atoms with Gasteiger partial charge in [-0.1, -0.05) is 0 Å². The molecule has 0 aromatic rings. The maximum absolute atomic E-state index is 10.6. The van der Waals surface area contributed by atoms with Crippen molar-refractivity contribution < 1.29 is 9.90 Å². The summed E-state index contributed by atoms with van der Waals surface area (Å²) in [7, 11) is 1.78. The summed E-state index contributed by atoms with van der Waals surface area (Å²) >= 11 is 0. The van der Waals surface area contributed by atoms with Crippen molar-refractivity contribution in [3.05, 3.63) is 0 Å². The first-order valence-corrected chi connectivity index (χ1v) is 3.29. The second-order valence-corrected chi connectivity index (χ2v) is 2.75. The second-order valence-electron chi connectivity index (χ2n) is 2.75. The van der Waals surface area contributed by atoms with Gasteiger partial charge in [0.15, 0.2) is 0 Å². The second kappa shape index (κ2) is 3.90. The third-order valence-corrected chi connectivity index (χ3v) is 1.85. The Kier molecular flexibility index (Phi) is 3.78. The minimum absolute atomic E-state index is 0. The molecule has 66 valence electrons. The van der Waals surface area contributed by atoms with Gasteiger partial charge < -0.3 is 10.8 Å². The van der Waals surface area contributed by atoms with Crippen LogP contribution in [0.2, 0.25) is 0 Å². The zero-order valence-electron chi connectivity index (χ0n) is 6.36. The molecule has 0 aromatic heterocycles. The van der Waals surface area contributed by atoms with Crippen LogP contribution in [0.3, 0.4) is 0 Å². The fraction of sp³-hybridized carbons (Fsp3) is 0.833. The summed E-state index contributed by atoms with van der Waals surface area (Å²) in [6.45, 7) is 0.549. The van der Waals surface area contributed by atoms with Crippen molar-refractivity contribution in [2.24, 2.45) is 5.73 Å². The van der Waals surface area contributed by atoms with E-state index in [9.17, 15) is 4.79 Å². The van der Waals surface area contributed by atoms with E-state index in [0.29, 0.717) is 13.0 Å². The Balaban J connectivity index is 0.000001000. The van der Waals surface area contributed by atoms with E-state index in [1.165, 1.54) is 0 Å². The molecule has 0 aliphatic carbocycles. The molecule has 2 unspecified atom stereocenters. The number of likely N-dealkylation sites (N-methyl/N-ethyl adjacent to an activating group) is 1. The highest BCUT2D eigenvalue weighted by Crippen LogP contribution is 2.14. The van der Waals surface area contributed by atoms with E-state index in [1.54, 1.807) is 11.9 Å². The standard InChI is InChI=1S/C6H12N2O2.ClH/c1-8-3-4(9)2-5(8)6(7)10;/h4-5,9H,2-3H2,1H3,(H2,7,10);1H. The Morgan fingerprint density at radius 2 is 2.27 bits per heavy atom. The van der Waals surface area contributed by atoms with Gasteiger partial charge in [-0.3, -0.25) is 9.69 Å². The number of likely N-dealkylation sites (tertiary alicyclic amines) is 1. The van der Waals surface area contributed by atoms with Crippen molar-refractivity contribution in [1.29, 1.82) is 0 Å². The van der Waals surface area contributed by atoms with Gasteiger partial charge in [-0.05, 0) is 13.5 Å². The highest BCUT2D eigenvalue weighted by molar-refractivity contribution is 5.85.